The van der Waals surface area contributed by atoms with Crippen LogP contribution in [0.5, 0.6) is 0 Å². The highest BCUT2D eigenvalue weighted by molar-refractivity contribution is 5.89. The number of hydrogen-bond donors (Lipinski definition) is 3. The van der Waals surface area contributed by atoms with Gasteiger partial charge in [0.15, 0.2) is 0 Å². The Labute approximate surface area is 103 Å². The van der Waals surface area contributed by atoms with Crippen LogP contribution in [0.25, 0.3) is 0 Å². The first kappa shape index (κ1) is 12.8. The van der Waals surface area contributed by atoms with Gasteiger partial charge in [0.25, 0.3) is 0 Å². The van der Waals surface area contributed by atoms with Crippen LogP contribution in [0.1, 0.15) is 23.2 Å². The summed E-state index contributed by atoms with van der Waals surface area (Å²) in [5.74, 6) is -3.23. The molecule has 0 spiro atoms. The van der Waals surface area contributed by atoms with Crippen molar-refractivity contribution in [1.29, 1.82) is 0 Å². The number of halogens is 2. The van der Waals surface area contributed by atoms with Crippen LogP contribution in [0.4, 0.5) is 14.5 Å². The topological polar surface area (TPSA) is 61.4 Å². The standard InChI is InChI=1S/C12H14F2N2O2/c13-9-6-10(14)11(5-8(9)12(17)18)16-7-1-3-15-4-2-7/h5-7,15-16H,1-4H2,(H,17,18). The van der Waals surface area contributed by atoms with E-state index in [1.165, 1.54) is 0 Å². The van der Waals surface area contributed by atoms with E-state index in [1.54, 1.807) is 0 Å². The smallest absolute Gasteiger partial charge is 0.338 e. The molecule has 1 aromatic carbocycles. The fourth-order valence-corrected chi connectivity index (χ4v) is 2.01. The third kappa shape index (κ3) is 2.76. The van der Waals surface area contributed by atoms with Crippen molar-refractivity contribution in [2.75, 3.05) is 18.4 Å². The molecular formula is C12H14F2N2O2. The second-order valence-corrected chi connectivity index (χ2v) is 4.29. The molecule has 0 bridgehead atoms. The SMILES string of the molecule is O=C(O)c1cc(NC2CCNCC2)c(F)cc1F. The fraction of sp³-hybridized carbons (Fsp3) is 0.417. The summed E-state index contributed by atoms with van der Waals surface area (Å²) >= 11 is 0. The van der Waals surface area contributed by atoms with Gasteiger partial charge >= 0.3 is 5.97 Å². The van der Waals surface area contributed by atoms with E-state index >= 15 is 0 Å². The highest BCUT2D eigenvalue weighted by atomic mass is 19.1. The molecule has 0 saturated carbocycles. The van der Waals surface area contributed by atoms with Crippen LogP contribution in [-0.2, 0) is 0 Å². The predicted molar refractivity (Wildman–Crippen MR) is 62.8 cm³/mol. The molecule has 0 unspecified atom stereocenters. The summed E-state index contributed by atoms with van der Waals surface area (Å²) in [6, 6.07) is 1.69. The van der Waals surface area contributed by atoms with Crippen LogP contribution in [0.15, 0.2) is 12.1 Å². The quantitative estimate of drug-likeness (QED) is 0.772. The van der Waals surface area contributed by atoms with Crippen molar-refractivity contribution in [3.05, 3.63) is 29.3 Å². The van der Waals surface area contributed by atoms with Gasteiger partial charge in [0.05, 0.1) is 11.3 Å². The lowest BCUT2D eigenvalue weighted by Gasteiger charge is -2.25. The lowest BCUT2D eigenvalue weighted by atomic mass is 10.1. The molecule has 1 saturated heterocycles. The summed E-state index contributed by atoms with van der Waals surface area (Å²) in [5.41, 5.74) is -0.478. The van der Waals surface area contributed by atoms with E-state index in [-0.39, 0.29) is 11.7 Å². The van der Waals surface area contributed by atoms with E-state index in [0.717, 1.165) is 32.0 Å². The third-order valence-corrected chi connectivity index (χ3v) is 2.99. The van der Waals surface area contributed by atoms with Gasteiger partial charge in [-0.15, -0.1) is 0 Å². The molecule has 1 aromatic rings. The lowest BCUT2D eigenvalue weighted by molar-refractivity contribution is 0.0692. The summed E-state index contributed by atoms with van der Waals surface area (Å²) in [6.45, 7) is 1.65. The first-order valence-corrected chi connectivity index (χ1v) is 5.77. The molecule has 18 heavy (non-hydrogen) atoms. The van der Waals surface area contributed by atoms with Gasteiger partial charge < -0.3 is 15.7 Å². The van der Waals surface area contributed by atoms with Crippen molar-refractivity contribution in [2.45, 2.75) is 18.9 Å². The van der Waals surface area contributed by atoms with Gasteiger partial charge in [-0.2, -0.15) is 0 Å². The molecule has 98 valence electrons. The molecule has 4 nitrogen and oxygen atoms in total. The molecule has 1 fully saturated rings. The van der Waals surface area contributed by atoms with Gasteiger partial charge in [-0.25, -0.2) is 13.6 Å². The highest BCUT2D eigenvalue weighted by Gasteiger charge is 2.18. The van der Waals surface area contributed by atoms with Crippen LogP contribution >= 0.6 is 0 Å². The monoisotopic (exact) mass is 256 g/mol. The van der Waals surface area contributed by atoms with Crippen LogP contribution in [-0.4, -0.2) is 30.2 Å². The summed E-state index contributed by atoms with van der Waals surface area (Å²) in [5, 5.41) is 14.9. The fourth-order valence-electron chi connectivity index (χ4n) is 2.01. The zero-order valence-corrected chi connectivity index (χ0v) is 9.67. The molecule has 1 aliphatic rings. The van der Waals surface area contributed by atoms with Gasteiger partial charge in [0.2, 0.25) is 0 Å². The number of hydrogen-bond acceptors (Lipinski definition) is 3. The molecular weight excluding hydrogens is 242 g/mol. The van der Waals surface area contributed by atoms with Crippen LogP contribution < -0.4 is 10.6 Å². The van der Waals surface area contributed by atoms with Gasteiger partial charge in [0.1, 0.15) is 11.6 Å². The summed E-state index contributed by atoms with van der Waals surface area (Å²) in [4.78, 5) is 10.8. The Bertz CT molecular complexity index is 460. The molecule has 0 atom stereocenters. The Hall–Kier alpha value is -1.69. The van der Waals surface area contributed by atoms with Gasteiger partial charge in [-0.3, -0.25) is 0 Å². The molecule has 2 rings (SSSR count). The van der Waals surface area contributed by atoms with Crippen LogP contribution in [0, 0.1) is 11.6 Å². The minimum absolute atomic E-state index is 0.0423. The zero-order chi connectivity index (χ0) is 13.1. The van der Waals surface area contributed by atoms with Crippen LogP contribution in [0.2, 0.25) is 0 Å². The minimum Gasteiger partial charge on any atom is -0.478 e. The maximum atomic E-state index is 13.5. The number of rotatable bonds is 3. The average Bonchev–Trinajstić information content (AvgIpc) is 2.33. The van der Waals surface area contributed by atoms with Crippen molar-refractivity contribution in [3.8, 4) is 0 Å². The van der Waals surface area contributed by atoms with Crippen molar-refractivity contribution < 1.29 is 18.7 Å². The second kappa shape index (κ2) is 5.30. The number of benzene rings is 1. The summed E-state index contributed by atoms with van der Waals surface area (Å²) < 4.78 is 26.7. The third-order valence-electron chi connectivity index (χ3n) is 2.99. The predicted octanol–water partition coefficient (Wildman–Crippen LogP) is 1.83. The molecule has 0 aliphatic carbocycles. The largest absolute Gasteiger partial charge is 0.478 e. The summed E-state index contributed by atoms with van der Waals surface area (Å²) in [7, 11) is 0. The normalized spacial score (nSPS) is 16.6. The molecule has 6 heteroatoms. The molecule has 1 aliphatic heterocycles. The number of anilines is 1. The van der Waals surface area contributed by atoms with E-state index in [1.807, 2.05) is 0 Å². The molecule has 1 heterocycles. The van der Waals surface area contributed by atoms with Crippen molar-refractivity contribution >= 4 is 11.7 Å². The van der Waals surface area contributed by atoms with E-state index in [9.17, 15) is 13.6 Å². The van der Waals surface area contributed by atoms with Crippen molar-refractivity contribution in [2.24, 2.45) is 0 Å². The Kier molecular flexibility index (Phi) is 3.76. The van der Waals surface area contributed by atoms with E-state index in [2.05, 4.69) is 10.6 Å². The Morgan fingerprint density at radius 3 is 2.56 bits per heavy atom. The average molecular weight is 256 g/mol. The number of carbonyl (C=O) groups is 1. The molecule has 0 radical (unpaired) electrons. The maximum Gasteiger partial charge on any atom is 0.338 e. The Morgan fingerprint density at radius 1 is 1.28 bits per heavy atom. The number of carboxylic acid groups (broad SMARTS) is 1. The second-order valence-electron chi connectivity index (χ2n) is 4.29. The number of aromatic carboxylic acids is 1. The Morgan fingerprint density at radius 2 is 1.94 bits per heavy atom. The highest BCUT2D eigenvalue weighted by Crippen LogP contribution is 2.22. The molecule has 3 N–H and O–H groups in total. The summed E-state index contributed by atoms with van der Waals surface area (Å²) in [6.07, 6.45) is 1.64. The van der Waals surface area contributed by atoms with E-state index < -0.39 is 23.2 Å². The van der Waals surface area contributed by atoms with Gasteiger partial charge in [0, 0.05) is 12.1 Å². The number of piperidine rings is 1. The molecule has 0 aromatic heterocycles. The van der Waals surface area contributed by atoms with Crippen molar-refractivity contribution in [3.63, 3.8) is 0 Å². The molecule has 0 amide bonds. The maximum absolute atomic E-state index is 13.5. The first-order chi connectivity index (χ1) is 8.58. The van der Waals surface area contributed by atoms with E-state index in [0.29, 0.717) is 6.07 Å². The Balaban J connectivity index is 2.21. The van der Waals surface area contributed by atoms with Gasteiger partial charge in [-0.05, 0) is 32.0 Å². The zero-order valence-electron chi connectivity index (χ0n) is 9.67. The van der Waals surface area contributed by atoms with Gasteiger partial charge in [-0.1, -0.05) is 0 Å². The lowest BCUT2D eigenvalue weighted by Crippen LogP contribution is -2.35. The number of nitrogens with one attached hydrogen (secondary N) is 2. The van der Waals surface area contributed by atoms with Crippen LogP contribution in [0.3, 0.4) is 0 Å². The first-order valence-electron chi connectivity index (χ1n) is 5.77. The van der Waals surface area contributed by atoms with E-state index in [4.69, 9.17) is 5.11 Å². The number of carboxylic acids is 1. The minimum atomic E-state index is -1.40. The van der Waals surface area contributed by atoms with Crippen molar-refractivity contribution in [1.82, 2.24) is 5.32 Å².